The van der Waals surface area contributed by atoms with E-state index in [2.05, 4.69) is 17.3 Å². The number of aromatic hydroxyl groups is 1. The van der Waals surface area contributed by atoms with Gasteiger partial charge in [-0.05, 0) is 19.9 Å². The van der Waals surface area contributed by atoms with Crippen molar-refractivity contribution in [1.82, 2.24) is 9.78 Å². The molecule has 0 aliphatic heterocycles. The Balaban J connectivity index is 2.07. The molecule has 0 aliphatic carbocycles. The van der Waals surface area contributed by atoms with Gasteiger partial charge in [0.15, 0.2) is 0 Å². The zero-order chi connectivity index (χ0) is 12.3. The Bertz CT molecular complexity index is 505. The van der Waals surface area contributed by atoms with Crippen LogP contribution in [0.2, 0.25) is 0 Å². The molecule has 0 fully saturated rings. The van der Waals surface area contributed by atoms with E-state index < -0.39 is 0 Å². The minimum absolute atomic E-state index is 0.320. The molecule has 2 rings (SSSR count). The highest BCUT2D eigenvalue weighted by Crippen LogP contribution is 2.19. The van der Waals surface area contributed by atoms with Crippen LogP contribution >= 0.6 is 0 Å². The Hall–Kier alpha value is -1.97. The second-order valence-corrected chi connectivity index (χ2v) is 3.94. The predicted molar refractivity (Wildman–Crippen MR) is 68.1 cm³/mol. The molecule has 4 nitrogen and oxygen atoms in total. The molecule has 2 N–H and O–H groups in total. The lowest BCUT2D eigenvalue weighted by atomic mass is 10.2. The van der Waals surface area contributed by atoms with Crippen LogP contribution in [0, 0.1) is 6.92 Å². The molecule has 0 spiro atoms. The van der Waals surface area contributed by atoms with Crippen LogP contribution in [0.15, 0.2) is 30.5 Å². The van der Waals surface area contributed by atoms with E-state index in [1.807, 2.05) is 36.0 Å². The van der Waals surface area contributed by atoms with Crippen molar-refractivity contribution in [2.24, 2.45) is 0 Å². The fraction of sp³-hybridized carbons (Fsp3) is 0.308. The third-order valence-corrected chi connectivity index (χ3v) is 2.86. The lowest BCUT2D eigenvalue weighted by Gasteiger charge is -2.07. The molecule has 1 heterocycles. The Labute approximate surface area is 101 Å². The summed E-state index contributed by atoms with van der Waals surface area (Å²) in [5.41, 5.74) is 3.01. The summed E-state index contributed by atoms with van der Waals surface area (Å²) in [4.78, 5) is 0. The van der Waals surface area contributed by atoms with Gasteiger partial charge in [-0.15, -0.1) is 0 Å². The summed E-state index contributed by atoms with van der Waals surface area (Å²) in [7, 11) is 0. The molecule has 0 saturated carbocycles. The van der Waals surface area contributed by atoms with Crippen molar-refractivity contribution in [2.75, 3.05) is 5.32 Å². The Morgan fingerprint density at radius 2 is 2.12 bits per heavy atom. The largest absolute Gasteiger partial charge is 0.508 e. The number of hydrogen-bond donors (Lipinski definition) is 2. The Kier molecular flexibility index (Phi) is 3.32. The van der Waals surface area contributed by atoms with Crippen LogP contribution in [-0.2, 0) is 13.1 Å². The third kappa shape index (κ3) is 2.41. The van der Waals surface area contributed by atoms with Crippen molar-refractivity contribution in [1.29, 1.82) is 0 Å². The smallest absolute Gasteiger partial charge is 0.120 e. The van der Waals surface area contributed by atoms with E-state index in [1.165, 1.54) is 0 Å². The van der Waals surface area contributed by atoms with E-state index in [0.29, 0.717) is 12.3 Å². The van der Waals surface area contributed by atoms with Gasteiger partial charge >= 0.3 is 0 Å². The average Bonchev–Trinajstić information content (AvgIpc) is 2.69. The van der Waals surface area contributed by atoms with E-state index in [9.17, 15) is 5.11 Å². The highest BCUT2D eigenvalue weighted by molar-refractivity contribution is 5.47. The Morgan fingerprint density at radius 1 is 1.35 bits per heavy atom. The number of phenolic OH excluding ortho intramolecular Hbond substituents is 1. The van der Waals surface area contributed by atoms with Gasteiger partial charge in [0.2, 0.25) is 0 Å². The maximum atomic E-state index is 9.65. The van der Waals surface area contributed by atoms with Crippen molar-refractivity contribution < 1.29 is 5.11 Å². The fourth-order valence-corrected chi connectivity index (χ4v) is 1.79. The summed E-state index contributed by atoms with van der Waals surface area (Å²) >= 11 is 0. The molecule has 2 aromatic rings. The molecule has 0 bridgehead atoms. The van der Waals surface area contributed by atoms with Gasteiger partial charge in [-0.25, -0.2) is 0 Å². The van der Waals surface area contributed by atoms with Crippen molar-refractivity contribution in [3.63, 3.8) is 0 Å². The predicted octanol–water partition coefficient (Wildman–Crippen LogP) is 2.53. The average molecular weight is 231 g/mol. The van der Waals surface area contributed by atoms with Gasteiger partial charge in [0.1, 0.15) is 5.75 Å². The van der Waals surface area contributed by atoms with Crippen LogP contribution < -0.4 is 5.32 Å². The monoisotopic (exact) mass is 231 g/mol. The summed E-state index contributed by atoms with van der Waals surface area (Å²) in [5.74, 6) is 0.320. The van der Waals surface area contributed by atoms with Crippen LogP contribution in [0.5, 0.6) is 5.75 Å². The number of phenols is 1. The van der Waals surface area contributed by atoms with Gasteiger partial charge in [0.05, 0.1) is 17.6 Å². The first-order chi connectivity index (χ1) is 8.22. The molecule has 1 aromatic heterocycles. The van der Waals surface area contributed by atoms with Crippen molar-refractivity contribution in [3.05, 3.63) is 41.7 Å². The molecule has 1 aromatic carbocycles. The standard InChI is InChI=1S/C13H17N3O/c1-3-16-10(2)12(9-15-16)14-8-11-6-4-5-7-13(11)17/h4-7,9,14,17H,3,8H2,1-2H3. The molecule has 90 valence electrons. The van der Waals surface area contributed by atoms with Gasteiger partial charge in [0, 0.05) is 18.7 Å². The molecule has 0 aliphatic rings. The van der Waals surface area contributed by atoms with Crippen molar-refractivity contribution in [3.8, 4) is 5.75 Å². The number of aryl methyl sites for hydroxylation is 1. The normalized spacial score (nSPS) is 10.5. The Morgan fingerprint density at radius 3 is 2.76 bits per heavy atom. The second kappa shape index (κ2) is 4.91. The van der Waals surface area contributed by atoms with E-state index in [1.54, 1.807) is 6.07 Å². The van der Waals surface area contributed by atoms with E-state index in [4.69, 9.17) is 0 Å². The van der Waals surface area contributed by atoms with Crippen LogP contribution in [0.1, 0.15) is 18.2 Å². The highest BCUT2D eigenvalue weighted by atomic mass is 16.3. The summed E-state index contributed by atoms with van der Waals surface area (Å²) in [5, 5.41) is 17.2. The van der Waals surface area contributed by atoms with Gasteiger partial charge in [-0.1, -0.05) is 18.2 Å². The summed E-state index contributed by atoms with van der Waals surface area (Å²) in [6.45, 7) is 5.56. The highest BCUT2D eigenvalue weighted by Gasteiger charge is 2.05. The maximum absolute atomic E-state index is 9.65. The number of para-hydroxylation sites is 1. The number of hydrogen-bond acceptors (Lipinski definition) is 3. The van der Waals surface area contributed by atoms with Gasteiger partial charge in [0.25, 0.3) is 0 Å². The van der Waals surface area contributed by atoms with Crippen molar-refractivity contribution in [2.45, 2.75) is 26.9 Å². The van der Waals surface area contributed by atoms with Crippen LogP contribution in [-0.4, -0.2) is 14.9 Å². The zero-order valence-corrected chi connectivity index (χ0v) is 10.1. The van der Waals surface area contributed by atoms with E-state index >= 15 is 0 Å². The molecule has 0 unspecified atom stereocenters. The van der Waals surface area contributed by atoms with Gasteiger partial charge in [-0.2, -0.15) is 5.10 Å². The number of benzene rings is 1. The SMILES string of the molecule is CCn1ncc(NCc2ccccc2O)c1C. The molecule has 0 amide bonds. The number of nitrogens with zero attached hydrogens (tertiary/aromatic N) is 2. The van der Waals surface area contributed by atoms with Crippen LogP contribution in [0.4, 0.5) is 5.69 Å². The van der Waals surface area contributed by atoms with Crippen LogP contribution in [0.3, 0.4) is 0 Å². The van der Waals surface area contributed by atoms with Crippen LogP contribution in [0.25, 0.3) is 0 Å². The van der Waals surface area contributed by atoms with E-state index in [-0.39, 0.29) is 0 Å². The lowest BCUT2D eigenvalue weighted by Crippen LogP contribution is -2.02. The second-order valence-electron chi connectivity index (χ2n) is 3.94. The van der Waals surface area contributed by atoms with Gasteiger partial charge < -0.3 is 10.4 Å². The fourth-order valence-electron chi connectivity index (χ4n) is 1.79. The molecule has 0 atom stereocenters. The molecule has 17 heavy (non-hydrogen) atoms. The maximum Gasteiger partial charge on any atom is 0.120 e. The first kappa shape index (κ1) is 11.5. The number of rotatable bonds is 4. The van der Waals surface area contributed by atoms with E-state index in [0.717, 1.165) is 23.5 Å². The minimum atomic E-state index is 0.320. The molecule has 0 radical (unpaired) electrons. The molecule has 0 saturated heterocycles. The number of aromatic nitrogens is 2. The summed E-state index contributed by atoms with van der Waals surface area (Å²) < 4.78 is 1.94. The van der Waals surface area contributed by atoms with Crippen molar-refractivity contribution >= 4 is 5.69 Å². The first-order valence-electron chi connectivity index (χ1n) is 5.75. The topological polar surface area (TPSA) is 50.1 Å². The summed E-state index contributed by atoms with van der Waals surface area (Å²) in [6, 6.07) is 7.33. The zero-order valence-electron chi connectivity index (χ0n) is 10.1. The minimum Gasteiger partial charge on any atom is -0.508 e. The third-order valence-electron chi connectivity index (χ3n) is 2.86. The first-order valence-corrected chi connectivity index (χ1v) is 5.75. The molecular weight excluding hydrogens is 214 g/mol. The molecule has 4 heteroatoms. The number of nitrogens with one attached hydrogen (secondary N) is 1. The van der Waals surface area contributed by atoms with Gasteiger partial charge in [-0.3, -0.25) is 4.68 Å². The molecular formula is C13H17N3O. The quantitative estimate of drug-likeness (QED) is 0.850. The summed E-state index contributed by atoms with van der Waals surface area (Å²) in [6.07, 6.45) is 1.82. The lowest BCUT2D eigenvalue weighted by molar-refractivity contribution is 0.469. The number of anilines is 1.